The van der Waals surface area contributed by atoms with E-state index in [1.54, 1.807) is 80.3 Å². The monoisotopic (exact) mass is 806 g/mol. The summed E-state index contributed by atoms with van der Waals surface area (Å²) in [6.45, 7) is 0.588. The van der Waals surface area contributed by atoms with Crippen molar-refractivity contribution < 1.29 is 29.0 Å². The lowest BCUT2D eigenvalue weighted by molar-refractivity contribution is -0.133. The van der Waals surface area contributed by atoms with Crippen molar-refractivity contribution in [1.82, 2.24) is 36.2 Å². The molecule has 6 aromatic rings. The maximum absolute atomic E-state index is 14.3. The fraction of sp³-hybridized carbons (Fsp3) is 0.279. The van der Waals surface area contributed by atoms with Crippen LogP contribution >= 0.6 is 11.6 Å². The number of hydrogen-bond donors (Lipinski definition) is 8. The van der Waals surface area contributed by atoms with E-state index >= 15 is 0 Å². The van der Waals surface area contributed by atoms with Crippen molar-refractivity contribution in [3.05, 3.63) is 125 Å². The number of methoxy groups -OCH3 is 1. The number of aromatic nitrogens is 3. The van der Waals surface area contributed by atoms with Gasteiger partial charge in [-0.15, -0.1) is 0 Å². The predicted octanol–water partition coefficient (Wildman–Crippen LogP) is 3.99. The van der Waals surface area contributed by atoms with Gasteiger partial charge in [-0.3, -0.25) is 24.2 Å². The molecular weight excluding hydrogens is 760 g/mol. The number of ether oxygens (including phenoxy) is 1. The third kappa shape index (κ3) is 10.9. The Morgan fingerprint density at radius 3 is 2.12 bits per heavy atom. The van der Waals surface area contributed by atoms with E-state index in [4.69, 9.17) is 22.1 Å². The molecule has 1 unspecified atom stereocenters. The number of aromatic hydroxyl groups is 1. The molecule has 0 aliphatic heterocycles. The number of pyridine rings is 1. The highest BCUT2D eigenvalue weighted by atomic mass is 35.5. The van der Waals surface area contributed by atoms with Crippen LogP contribution < -0.4 is 31.7 Å². The van der Waals surface area contributed by atoms with Crippen molar-refractivity contribution in [2.24, 2.45) is 5.73 Å². The van der Waals surface area contributed by atoms with Crippen LogP contribution in [-0.4, -0.2) is 82.0 Å². The normalized spacial score (nSPS) is 12.7. The van der Waals surface area contributed by atoms with E-state index < -0.39 is 35.8 Å². The van der Waals surface area contributed by atoms with Crippen LogP contribution in [0.4, 0.5) is 0 Å². The first-order valence-electron chi connectivity index (χ1n) is 19.0. The Balaban J connectivity index is 1.22. The largest absolute Gasteiger partial charge is 0.508 e. The second-order valence-electron chi connectivity index (χ2n) is 14.0. The maximum atomic E-state index is 14.3. The van der Waals surface area contributed by atoms with E-state index in [0.29, 0.717) is 47.5 Å². The van der Waals surface area contributed by atoms with Gasteiger partial charge in [0.15, 0.2) is 0 Å². The van der Waals surface area contributed by atoms with E-state index in [1.165, 1.54) is 0 Å². The Morgan fingerprint density at radius 2 is 1.41 bits per heavy atom. The average Bonchev–Trinajstić information content (AvgIpc) is 3.82. The van der Waals surface area contributed by atoms with Crippen LogP contribution in [0.25, 0.3) is 21.8 Å². The molecule has 58 heavy (non-hydrogen) atoms. The van der Waals surface area contributed by atoms with Crippen LogP contribution in [0.1, 0.15) is 35.1 Å². The van der Waals surface area contributed by atoms with Crippen molar-refractivity contribution in [2.75, 3.05) is 20.2 Å². The third-order valence-electron chi connectivity index (χ3n) is 9.91. The second kappa shape index (κ2) is 19.7. The SMILES string of the molecule is COc1ccc2c(CCNC(=O)C(Cc3ccncc3)NC(=O)[C@H](Cc3ccc(Cl)cc3)NC(=O)[C@H](Cc3c[nH]c4ccc(O)cc34)NC(=O)CCCN)c[nH]c2c1. The summed E-state index contributed by atoms with van der Waals surface area (Å²) in [4.78, 5) is 65.9. The number of phenolic OH excluding ortho intramolecular Hbond substituents is 1. The van der Waals surface area contributed by atoms with E-state index in [1.807, 2.05) is 24.4 Å². The average molecular weight is 807 g/mol. The van der Waals surface area contributed by atoms with Crippen molar-refractivity contribution >= 4 is 57.0 Å². The third-order valence-corrected chi connectivity index (χ3v) is 10.2. The summed E-state index contributed by atoms with van der Waals surface area (Å²) in [6.07, 6.45) is 8.13. The number of halogens is 1. The van der Waals surface area contributed by atoms with Gasteiger partial charge in [0.05, 0.1) is 7.11 Å². The molecule has 4 amide bonds. The smallest absolute Gasteiger partial charge is 0.243 e. The molecule has 0 bridgehead atoms. The van der Waals surface area contributed by atoms with E-state index in [9.17, 15) is 24.3 Å². The molecule has 0 fully saturated rings. The number of amides is 4. The number of benzene rings is 3. The highest BCUT2D eigenvalue weighted by Crippen LogP contribution is 2.25. The van der Waals surface area contributed by atoms with Gasteiger partial charge in [0.25, 0.3) is 0 Å². The summed E-state index contributed by atoms with van der Waals surface area (Å²) >= 11 is 6.17. The van der Waals surface area contributed by atoms with Crippen LogP contribution in [0.3, 0.4) is 0 Å². The number of nitrogens with two attached hydrogens (primary N) is 1. The van der Waals surface area contributed by atoms with Crippen LogP contribution in [0.5, 0.6) is 11.5 Å². The number of phenols is 1. The number of fused-ring (bicyclic) bond motifs is 2. The summed E-state index contributed by atoms with van der Waals surface area (Å²) in [5, 5.41) is 23.9. The summed E-state index contributed by atoms with van der Waals surface area (Å²) in [6, 6.07) is 17.7. The number of nitrogens with one attached hydrogen (secondary N) is 6. The zero-order valence-electron chi connectivity index (χ0n) is 32.0. The molecule has 3 aromatic heterocycles. The highest BCUT2D eigenvalue weighted by Gasteiger charge is 2.31. The van der Waals surface area contributed by atoms with Crippen LogP contribution in [0.15, 0.2) is 97.6 Å². The summed E-state index contributed by atoms with van der Waals surface area (Å²) < 4.78 is 5.33. The molecule has 15 heteroatoms. The Bertz CT molecular complexity index is 2350. The number of rotatable bonds is 19. The number of carbonyl (C=O) groups is 4. The molecule has 6 rings (SSSR count). The van der Waals surface area contributed by atoms with Gasteiger partial charge in [-0.25, -0.2) is 0 Å². The van der Waals surface area contributed by atoms with E-state index in [2.05, 4.69) is 36.2 Å². The van der Waals surface area contributed by atoms with Crippen LogP contribution in [0, 0.1) is 0 Å². The minimum atomic E-state index is -1.17. The number of nitrogens with zero attached hydrogens (tertiary/aromatic N) is 1. The molecule has 0 saturated carbocycles. The Labute approximate surface area is 340 Å². The van der Waals surface area contributed by atoms with Gasteiger partial charge in [0, 0.05) is 89.9 Å². The maximum Gasteiger partial charge on any atom is 0.243 e. The number of carbonyl (C=O) groups excluding carboxylic acids is 4. The molecular formula is C43H47ClN8O6. The second-order valence-corrected chi connectivity index (χ2v) is 14.5. The van der Waals surface area contributed by atoms with Gasteiger partial charge < -0.3 is 46.8 Å². The molecule has 0 spiro atoms. The molecule has 9 N–H and O–H groups in total. The van der Waals surface area contributed by atoms with E-state index in [-0.39, 0.29) is 37.3 Å². The molecule has 0 saturated heterocycles. The van der Waals surface area contributed by atoms with Gasteiger partial charge in [0.1, 0.15) is 29.6 Å². The number of hydrogen-bond acceptors (Lipinski definition) is 8. The zero-order chi connectivity index (χ0) is 41.0. The predicted molar refractivity (Wildman–Crippen MR) is 222 cm³/mol. The zero-order valence-corrected chi connectivity index (χ0v) is 32.8. The number of H-pyrrole nitrogens is 2. The number of aromatic amines is 2. The first-order chi connectivity index (χ1) is 28.1. The van der Waals surface area contributed by atoms with Crippen molar-refractivity contribution in [3.63, 3.8) is 0 Å². The lowest BCUT2D eigenvalue weighted by atomic mass is 10.0. The fourth-order valence-corrected chi connectivity index (χ4v) is 6.94. The Kier molecular flexibility index (Phi) is 14.0. The molecule has 302 valence electrons. The van der Waals surface area contributed by atoms with Gasteiger partial charge in [-0.05, 0) is 96.2 Å². The van der Waals surface area contributed by atoms with Crippen molar-refractivity contribution in [2.45, 2.75) is 56.7 Å². The topological polar surface area (TPSA) is 216 Å². The molecule has 14 nitrogen and oxygen atoms in total. The van der Waals surface area contributed by atoms with Crippen molar-refractivity contribution in [3.8, 4) is 11.5 Å². The molecule has 3 aromatic carbocycles. The van der Waals surface area contributed by atoms with Gasteiger partial charge in [-0.1, -0.05) is 23.7 Å². The minimum Gasteiger partial charge on any atom is -0.508 e. The lowest BCUT2D eigenvalue weighted by Gasteiger charge is -2.26. The van der Waals surface area contributed by atoms with Gasteiger partial charge in [-0.2, -0.15) is 0 Å². The summed E-state index contributed by atoms with van der Waals surface area (Å²) in [5.74, 6) is -1.23. The molecule has 0 radical (unpaired) electrons. The lowest BCUT2D eigenvalue weighted by Crippen LogP contribution is -2.58. The van der Waals surface area contributed by atoms with Gasteiger partial charge in [0.2, 0.25) is 23.6 Å². The van der Waals surface area contributed by atoms with Crippen molar-refractivity contribution in [1.29, 1.82) is 0 Å². The summed E-state index contributed by atoms with van der Waals surface area (Å²) in [7, 11) is 1.61. The molecule has 3 heterocycles. The standard InChI is InChI=1S/C43H47ClN8O6/c1-58-32-9-10-33-28(24-49-36(33)23-32)14-18-47-41(55)37(20-27-12-16-46-17-13-27)51-42(56)38(19-26-4-6-30(44)7-5-26)52-43(57)39(50-40(54)3-2-15-45)21-29-25-48-35-11-8-31(53)22-34(29)35/h4-13,16-17,22-25,37-39,48-49,53H,2-3,14-15,18-21,45H2,1H3,(H,47,55)(H,50,54)(H,51,56)(H,52,57)/t37?,38-,39-/m0/s1. The van der Waals surface area contributed by atoms with Crippen LogP contribution in [-0.2, 0) is 44.9 Å². The highest BCUT2D eigenvalue weighted by molar-refractivity contribution is 6.30. The first-order valence-corrected chi connectivity index (χ1v) is 19.4. The van der Waals surface area contributed by atoms with Crippen LogP contribution in [0.2, 0.25) is 5.02 Å². The Morgan fingerprint density at radius 1 is 0.759 bits per heavy atom. The first kappa shape index (κ1) is 41.3. The molecule has 0 aliphatic rings. The van der Waals surface area contributed by atoms with Gasteiger partial charge >= 0.3 is 0 Å². The quantitative estimate of drug-likeness (QED) is 0.0598. The molecule has 3 atom stereocenters. The molecule has 0 aliphatic carbocycles. The summed E-state index contributed by atoms with van der Waals surface area (Å²) in [5.41, 5.74) is 10.4. The fourth-order valence-electron chi connectivity index (χ4n) is 6.81. The van der Waals surface area contributed by atoms with E-state index in [0.717, 1.165) is 33.3 Å². The minimum absolute atomic E-state index is 0.0467. The Hall–Kier alpha value is -6.38.